The van der Waals surface area contributed by atoms with Crippen LogP contribution in [0.1, 0.15) is 16.1 Å². The van der Waals surface area contributed by atoms with Crippen molar-refractivity contribution in [1.29, 1.82) is 0 Å². The zero-order chi connectivity index (χ0) is 19.8. The quantitative estimate of drug-likeness (QED) is 0.498. The van der Waals surface area contributed by atoms with Gasteiger partial charge in [0, 0.05) is 10.9 Å². The first-order valence-corrected chi connectivity index (χ1v) is 10.5. The number of nitrogens with zero attached hydrogens (tertiary/aromatic N) is 4. The summed E-state index contributed by atoms with van der Waals surface area (Å²) in [6, 6.07) is 7.97. The summed E-state index contributed by atoms with van der Waals surface area (Å²) in [4.78, 5) is 17.8. The first-order valence-electron chi connectivity index (χ1n) is 8.65. The highest BCUT2D eigenvalue weighted by atomic mass is 32.2. The predicted molar refractivity (Wildman–Crippen MR) is 113 cm³/mol. The molecule has 0 atom stereocenters. The van der Waals surface area contributed by atoms with Crippen molar-refractivity contribution in [3.05, 3.63) is 40.4 Å². The van der Waals surface area contributed by atoms with E-state index in [-0.39, 0.29) is 11.7 Å². The minimum Gasteiger partial charge on any atom is -0.497 e. The minimum absolute atomic E-state index is 0.120. The standard InChI is InChI=1S/C19H19N5O2S2/c1-10-7-13-5-6-14(26-4)8-15(13)24-17(10)22-23-19(24)27-9-16(25)21-18-20-11(2)12(3)28-18/h5-8H,9H2,1-4H3,(H,20,21,25). The molecule has 4 aromatic rings. The minimum atomic E-state index is -0.120. The molecule has 3 aromatic heterocycles. The number of pyridine rings is 1. The average molecular weight is 414 g/mol. The van der Waals surface area contributed by atoms with Gasteiger partial charge in [0.2, 0.25) is 5.91 Å². The predicted octanol–water partition coefficient (Wildman–Crippen LogP) is 4.00. The van der Waals surface area contributed by atoms with Gasteiger partial charge in [0.05, 0.1) is 24.1 Å². The topological polar surface area (TPSA) is 81.4 Å². The number of thiazole rings is 1. The van der Waals surface area contributed by atoms with E-state index in [1.54, 1.807) is 7.11 Å². The van der Waals surface area contributed by atoms with E-state index in [1.807, 2.05) is 43.4 Å². The molecule has 144 valence electrons. The lowest BCUT2D eigenvalue weighted by atomic mass is 10.1. The van der Waals surface area contributed by atoms with Crippen molar-refractivity contribution < 1.29 is 9.53 Å². The zero-order valence-electron chi connectivity index (χ0n) is 15.9. The van der Waals surface area contributed by atoms with Gasteiger partial charge in [-0.15, -0.1) is 21.5 Å². The Morgan fingerprint density at radius 2 is 2.07 bits per heavy atom. The van der Waals surface area contributed by atoms with Crippen LogP contribution in [0.4, 0.5) is 5.13 Å². The molecule has 0 saturated heterocycles. The molecule has 0 unspecified atom stereocenters. The van der Waals surface area contributed by atoms with Crippen molar-refractivity contribution in [2.45, 2.75) is 25.9 Å². The van der Waals surface area contributed by atoms with Gasteiger partial charge in [0.15, 0.2) is 15.9 Å². The van der Waals surface area contributed by atoms with Crippen LogP contribution < -0.4 is 10.1 Å². The number of hydrogen-bond acceptors (Lipinski definition) is 7. The number of anilines is 1. The van der Waals surface area contributed by atoms with Crippen LogP contribution in [-0.4, -0.2) is 38.4 Å². The van der Waals surface area contributed by atoms with Crippen molar-refractivity contribution >= 4 is 50.7 Å². The Kier molecular flexibility index (Phi) is 4.94. The van der Waals surface area contributed by atoms with Crippen LogP contribution >= 0.6 is 23.1 Å². The maximum Gasteiger partial charge on any atom is 0.236 e. The molecule has 0 aliphatic heterocycles. The number of thioether (sulfide) groups is 1. The van der Waals surface area contributed by atoms with Crippen LogP contribution in [0, 0.1) is 20.8 Å². The molecule has 9 heteroatoms. The van der Waals surface area contributed by atoms with Crippen molar-refractivity contribution in [3.8, 4) is 5.75 Å². The highest BCUT2D eigenvalue weighted by Gasteiger charge is 2.15. The van der Waals surface area contributed by atoms with Crippen molar-refractivity contribution in [2.75, 3.05) is 18.2 Å². The third-order valence-electron chi connectivity index (χ3n) is 4.44. The van der Waals surface area contributed by atoms with Crippen molar-refractivity contribution in [1.82, 2.24) is 19.6 Å². The number of fused-ring (bicyclic) bond motifs is 3. The Morgan fingerprint density at radius 3 is 2.79 bits per heavy atom. The van der Waals surface area contributed by atoms with E-state index >= 15 is 0 Å². The molecule has 28 heavy (non-hydrogen) atoms. The Morgan fingerprint density at radius 1 is 1.25 bits per heavy atom. The molecule has 0 bridgehead atoms. The highest BCUT2D eigenvalue weighted by Crippen LogP contribution is 2.28. The van der Waals surface area contributed by atoms with E-state index in [9.17, 15) is 4.79 Å². The number of ether oxygens (including phenoxy) is 1. The van der Waals surface area contributed by atoms with Gasteiger partial charge in [-0.1, -0.05) is 11.8 Å². The molecule has 7 nitrogen and oxygen atoms in total. The summed E-state index contributed by atoms with van der Waals surface area (Å²) in [5.74, 6) is 0.859. The number of benzene rings is 1. The van der Waals surface area contributed by atoms with E-state index in [1.165, 1.54) is 23.1 Å². The third-order valence-corrected chi connectivity index (χ3v) is 6.36. The van der Waals surface area contributed by atoms with Crippen molar-refractivity contribution in [3.63, 3.8) is 0 Å². The summed E-state index contributed by atoms with van der Waals surface area (Å²) >= 11 is 2.82. The molecular weight excluding hydrogens is 394 g/mol. The summed E-state index contributed by atoms with van der Waals surface area (Å²) in [6.07, 6.45) is 0. The van der Waals surface area contributed by atoms with Crippen LogP contribution in [0.15, 0.2) is 29.4 Å². The van der Waals surface area contributed by atoms with Gasteiger partial charge >= 0.3 is 0 Å². The van der Waals surface area contributed by atoms with Gasteiger partial charge in [-0.2, -0.15) is 0 Å². The Bertz CT molecular complexity index is 1180. The molecule has 0 aliphatic rings. The number of carbonyl (C=O) groups excluding carboxylic acids is 1. The molecule has 1 amide bonds. The molecule has 1 aromatic carbocycles. The van der Waals surface area contributed by atoms with Crippen molar-refractivity contribution in [2.24, 2.45) is 0 Å². The number of methoxy groups -OCH3 is 1. The van der Waals surface area contributed by atoms with Gasteiger partial charge < -0.3 is 10.1 Å². The van der Waals surface area contributed by atoms with E-state index in [0.717, 1.165) is 38.4 Å². The smallest absolute Gasteiger partial charge is 0.236 e. The molecule has 0 aliphatic carbocycles. The van der Waals surface area contributed by atoms with E-state index < -0.39 is 0 Å². The van der Waals surface area contributed by atoms with E-state index in [0.29, 0.717) is 10.3 Å². The Labute approximate surface area is 170 Å². The van der Waals surface area contributed by atoms with E-state index in [2.05, 4.69) is 26.6 Å². The molecule has 4 rings (SSSR count). The number of carbonyl (C=O) groups is 1. The number of nitrogens with one attached hydrogen (secondary N) is 1. The molecule has 0 fully saturated rings. The maximum absolute atomic E-state index is 12.4. The number of aromatic nitrogens is 4. The Balaban J connectivity index is 1.62. The first-order chi connectivity index (χ1) is 13.5. The van der Waals surface area contributed by atoms with Crippen LogP contribution in [0.2, 0.25) is 0 Å². The second kappa shape index (κ2) is 7.40. The summed E-state index contributed by atoms with van der Waals surface area (Å²) in [6.45, 7) is 5.92. The summed E-state index contributed by atoms with van der Waals surface area (Å²) < 4.78 is 7.34. The number of amides is 1. The van der Waals surface area contributed by atoms with Crippen LogP contribution in [0.3, 0.4) is 0 Å². The monoisotopic (exact) mass is 413 g/mol. The van der Waals surface area contributed by atoms with Crippen LogP contribution in [0.5, 0.6) is 5.75 Å². The average Bonchev–Trinajstić information content (AvgIpc) is 3.23. The summed E-state index contributed by atoms with van der Waals surface area (Å²) in [7, 11) is 1.64. The lowest BCUT2D eigenvalue weighted by Crippen LogP contribution is -2.14. The normalized spacial score (nSPS) is 11.3. The van der Waals surface area contributed by atoms with E-state index in [4.69, 9.17) is 4.74 Å². The fourth-order valence-electron chi connectivity index (χ4n) is 2.91. The fourth-order valence-corrected chi connectivity index (χ4v) is 4.49. The Hall–Kier alpha value is -2.65. The summed E-state index contributed by atoms with van der Waals surface area (Å²) in [5.41, 5.74) is 3.68. The molecule has 0 spiro atoms. The van der Waals surface area contributed by atoms with Gasteiger partial charge in [0.1, 0.15) is 5.75 Å². The molecule has 3 heterocycles. The lowest BCUT2D eigenvalue weighted by molar-refractivity contribution is -0.113. The second-order valence-electron chi connectivity index (χ2n) is 6.39. The first kappa shape index (κ1) is 18.7. The summed E-state index contributed by atoms with van der Waals surface area (Å²) in [5, 5.41) is 13.8. The van der Waals surface area contributed by atoms with Gasteiger partial charge in [-0.25, -0.2) is 4.98 Å². The number of rotatable bonds is 5. The highest BCUT2D eigenvalue weighted by molar-refractivity contribution is 7.99. The number of hydrogen-bond donors (Lipinski definition) is 1. The molecule has 0 saturated carbocycles. The van der Waals surface area contributed by atoms with Crippen LogP contribution in [-0.2, 0) is 4.79 Å². The fraction of sp³-hybridized carbons (Fsp3) is 0.263. The second-order valence-corrected chi connectivity index (χ2v) is 8.54. The van der Waals surface area contributed by atoms with Gasteiger partial charge in [0.25, 0.3) is 0 Å². The lowest BCUT2D eigenvalue weighted by Gasteiger charge is -2.08. The molecule has 0 radical (unpaired) electrons. The number of aryl methyl sites for hydroxylation is 3. The molecule has 1 N–H and O–H groups in total. The third kappa shape index (κ3) is 3.43. The maximum atomic E-state index is 12.4. The van der Waals surface area contributed by atoms with Gasteiger partial charge in [-0.05, 0) is 49.9 Å². The van der Waals surface area contributed by atoms with Crippen LogP contribution in [0.25, 0.3) is 16.6 Å². The molecular formula is C19H19N5O2S2. The largest absolute Gasteiger partial charge is 0.497 e. The van der Waals surface area contributed by atoms with Gasteiger partial charge in [-0.3, -0.25) is 9.20 Å². The SMILES string of the molecule is COc1ccc2cc(C)c3nnc(SCC(=O)Nc4nc(C)c(C)s4)n3c2c1. The zero-order valence-corrected chi connectivity index (χ0v) is 17.6.